The molecule has 2 aromatic rings. The molecule has 0 fully saturated rings. The highest BCUT2D eigenvalue weighted by Crippen LogP contribution is 2.28. The molecular weight excluding hydrogens is 252 g/mol. The molecule has 0 aliphatic heterocycles. The Hall–Kier alpha value is -1.19. The van der Waals surface area contributed by atoms with Crippen molar-refractivity contribution in [1.82, 2.24) is 10.3 Å². The van der Waals surface area contributed by atoms with Gasteiger partial charge in [-0.3, -0.25) is 4.98 Å². The third kappa shape index (κ3) is 3.64. The van der Waals surface area contributed by atoms with Crippen molar-refractivity contribution in [2.75, 3.05) is 6.54 Å². The van der Waals surface area contributed by atoms with Crippen molar-refractivity contribution in [3.63, 3.8) is 0 Å². The molecule has 0 bridgehead atoms. The Morgan fingerprint density at radius 2 is 1.84 bits per heavy atom. The molecule has 2 rings (SSSR count). The monoisotopic (exact) mass is 274 g/mol. The smallest absolute Gasteiger partial charge is 0.0672 e. The Morgan fingerprint density at radius 1 is 1.16 bits per heavy atom. The number of nitrogens with one attached hydrogen (secondary N) is 1. The van der Waals surface area contributed by atoms with E-state index in [1.165, 1.54) is 15.3 Å². The second-order valence-corrected chi connectivity index (χ2v) is 6.34. The minimum absolute atomic E-state index is 0.291. The Bertz CT molecular complexity index is 525. The van der Waals surface area contributed by atoms with Crippen molar-refractivity contribution in [2.24, 2.45) is 0 Å². The van der Waals surface area contributed by atoms with E-state index in [1.54, 1.807) is 0 Å². The topological polar surface area (TPSA) is 24.9 Å². The first-order valence-corrected chi connectivity index (χ1v) is 7.66. The average molecular weight is 274 g/mol. The summed E-state index contributed by atoms with van der Waals surface area (Å²) in [5.41, 5.74) is 3.50. The molecule has 0 radical (unpaired) electrons. The molecule has 0 saturated carbocycles. The fraction of sp³-hybridized carbons (Fsp3) is 0.438. The lowest BCUT2D eigenvalue weighted by molar-refractivity contribution is 0.604. The summed E-state index contributed by atoms with van der Waals surface area (Å²) in [5, 5.41) is 3.65. The van der Waals surface area contributed by atoms with E-state index in [0.29, 0.717) is 6.04 Å². The van der Waals surface area contributed by atoms with Gasteiger partial charge in [0.2, 0.25) is 0 Å². The molecule has 2 aromatic heterocycles. The maximum absolute atomic E-state index is 4.47. The molecule has 1 unspecified atom stereocenters. The molecule has 3 heteroatoms. The van der Waals surface area contributed by atoms with Gasteiger partial charge in [-0.2, -0.15) is 0 Å². The molecule has 19 heavy (non-hydrogen) atoms. The van der Waals surface area contributed by atoms with E-state index in [-0.39, 0.29) is 0 Å². The van der Waals surface area contributed by atoms with Gasteiger partial charge in [-0.1, -0.05) is 6.92 Å². The third-order valence-electron chi connectivity index (χ3n) is 3.08. The van der Waals surface area contributed by atoms with Crippen LogP contribution in [0, 0.1) is 20.8 Å². The van der Waals surface area contributed by atoms with E-state index < -0.39 is 0 Å². The summed E-state index contributed by atoms with van der Waals surface area (Å²) in [7, 11) is 0. The number of thiophene rings is 1. The lowest BCUT2D eigenvalue weighted by atomic mass is 10.0. The summed E-state index contributed by atoms with van der Waals surface area (Å²) in [6.07, 6.45) is 1.14. The van der Waals surface area contributed by atoms with Crippen molar-refractivity contribution in [3.8, 4) is 0 Å². The molecule has 0 spiro atoms. The SMILES string of the molecule is CCCNC(c1cc(C)nc(C)c1)c1ccc(C)s1. The van der Waals surface area contributed by atoms with E-state index in [0.717, 1.165) is 24.4 Å². The van der Waals surface area contributed by atoms with Gasteiger partial charge in [0.05, 0.1) is 6.04 Å². The molecule has 0 aliphatic rings. The lowest BCUT2D eigenvalue weighted by Gasteiger charge is -2.18. The molecule has 2 nitrogen and oxygen atoms in total. The number of aryl methyl sites for hydroxylation is 3. The van der Waals surface area contributed by atoms with E-state index in [9.17, 15) is 0 Å². The average Bonchev–Trinajstić information content (AvgIpc) is 2.75. The van der Waals surface area contributed by atoms with Crippen LogP contribution in [0.5, 0.6) is 0 Å². The second-order valence-electron chi connectivity index (χ2n) is 5.02. The summed E-state index contributed by atoms with van der Waals surface area (Å²) >= 11 is 1.87. The quantitative estimate of drug-likeness (QED) is 0.885. The van der Waals surface area contributed by atoms with Crippen LogP contribution in [0.15, 0.2) is 24.3 Å². The Kier molecular flexibility index (Phi) is 4.72. The van der Waals surface area contributed by atoms with Gasteiger partial charge in [-0.25, -0.2) is 0 Å². The standard InChI is InChI=1S/C16H22N2S/c1-5-8-17-16(15-7-6-13(4)19-15)14-9-11(2)18-12(3)10-14/h6-7,9-10,16-17H,5,8H2,1-4H3. The van der Waals surface area contributed by atoms with E-state index in [4.69, 9.17) is 0 Å². The summed E-state index contributed by atoms with van der Waals surface area (Å²) in [4.78, 5) is 7.22. The van der Waals surface area contributed by atoms with Crippen molar-refractivity contribution < 1.29 is 0 Å². The molecule has 0 aliphatic carbocycles. The Balaban J connectivity index is 2.36. The number of aromatic nitrogens is 1. The van der Waals surface area contributed by atoms with Gasteiger partial charge in [0.15, 0.2) is 0 Å². The van der Waals surface area contributed by atoms with Crippen LogP contribution in [0.3, 0.4) is 0 Å². The van der Waals surface area contributed by atoms with Crippen LogP contribution in [0.1, 0.15) is 46.1 Å². The first-order chi connectivity index (χ1) is 9.10. The van der Waals surface area contributed by atoms with Crippen molar-refractivity contribution >= 4 is 11.3 Å². The van der Waals surface area contributed by atoms with Crippen LogP contribution in [0.2, 0.25) is 0 Å². The van der Waals surface area contributed by atoms with Gasteiger partial charge in [0, 0.05) is 21.1 Å². The molecule has 102 valence electrons. The Labute approximate surface area is 119 Å². The van der Waals surface area contributed by atoms with Crippen LogP contribution >= 0.6 is 11.3 Å². The largest absolute Gasteiger partial charge is 0.306 e. The van der Waals surface area contributed by atoms with Gasteiger partial charge in [0.1, 0.15) is 0 Å². The zero-order valence-corrected chi connectivity index (χ0v) is 13.0. The van der Waals surface area contributed by atoms with Gasteiger partial charge in [-0.15, -0.1) is 11.3 Å². The fourth-order valence-electron chi connectivity index (χ4n) is 2.31. The van der Waals surface area contributed by atoms with E-state index >= 15 is 0 Å². The fourth-order valence-corrected chi connectivity index (χ4v) is 3.29. The van der Waals surface area contributed by atoms with Gasteiger partial charge in [-0.05, 0) is 63.6 Å². The van der Waals surface area contributed by atoms with Crippen molar-refractivity contribution in [2.45, 2.75) is 40.2 Å². The highest BCUT2D eigenvalue weighted by molar-refractivity contribution is 7.12. The summed E-state index contributed by atoms with van der Waals surface area (Å²) in [5.74, 6) is 0. The summed E-state index contributed by atoms with van der Waals surface area (Å²) < 4.78 is 0. The maximum Gasteiger partial charge on any atom is 0.0672 e. The van der Waals surface area contributed by atoms with Crippen molar-refractivity contribution in [3.05, 3.63) is 51.0 Å². The zero-order valence-electron chi connectivity index (χ0n) is 12.2. The van der Waals surface area contributed by atoms with Crippen LogP contribution in [-0.2, 0) is 0 Å². The lowest BCUT2D eigenvalue weighted by Crippen LogP contribution is -2.22. The molecule has 0 aromatic carbocycles. The normalized spacial score (nSPS) is 12.6. The minimum Gasteiger partial charge on any atom is -0.306 e. The summed E-state index contributed by atoms with van der Waals surface area (Å²) in [6, 6.07) is 9.10. The predicted octanol–water partition coefficient (Wildman–Crippen LogP) is 4.16. The summed E-state index contributed by atoms with van der Waals surface area (Å²) in [6.45, 7) is 9.52. The number of hydrogen-bond donors (Lipinski definition) is 1. The number of hydrogen-bond acceptors (Lipinski definition) is 3. The van der Waals surface area contributed by atoms with Crippen LogP contribution in [-0.4, -0.2) is 11.5 Å². The van der Waals surface area contributed by atoms with Gasteiger partial charge in [0.25, 0.3) is 0 Å². The molecule has 2 heterocycles. The molecular formula is C16H22N2S. The number of pyridine rings is 1. The van der Waals surface area contributed by atoms with E-state index in [2.05, 4.69) is 62.3 Å². The van der Waals surface area contributed by atoms with Crippen LogP contribution < -0.4 is 5.32 Å². The van der Waals surface area contributed by atoms with Crippen LogP contribution in [0.4, 0.5) is 0 Å². The maximum atomic E-state index is 4.47. The first kappa shape index (κ1) is 14.2. The first-order valence-electron chi connectivity index (χ1n) is 6.85. The minimum atomic E-state index is 0.291. The Morgan fingerprint density at radius 3 is 2.37 bits per heavy atom. The van der Waals surface area contributed by atoms with E-state index in [1.807, 2.05) is 11.3 Å². The number of rotatable bonds is 5. The predicted molar refractivity (Wildman–Crippen MR) is 82.9 cm³/mol. The zero-order chi connectivity index (χ0) is 13.8. The molecule has 1 atom stereocenters. The van der Waals surface area contributed by atoms with Gasteiger partial charge >= 0.3 is 0 Å². The van der Waals surface area contributed by atoms with Crippen LogP contribution in [0.25, 0.3) is 0 Å². The molecule has 1 N–H and O–H groups in total. The highest BCUT2D eigenvalue weighted by Gasteiger charge is 2.16. The third-order valence-corrected chi connectivity index (χ3v) is 4.15. The highest BCUT2D eigenvalue weighted by atomic mass is 32.1. The second kappa shape index (κ2) is 6.31. The van der Waals surface area contributed by atoms with Gasteiger partial charge < -0.3 is 5.32 Å². The number of nitrogens with zero attached hydrogens (tertiary/aromatic N) is 1. The molecule has 0 amide bonds. The molecule has 0 saturated heterocycles. The van der Waals surface area contributed by atoms with Crippen molar-refractivity contribution in [1.29, 1.82) is 0 Å².